The summed E-state index contributed by atoms with van der Waals surface area (Å²) in [6, 6.07) is 10.9. The van der Waals surface area contributed by atoms with Crippen molar-refractivity contribution in [2.24, 2.45) is 0 Å². The zero-order valence-electron chi connectivity index (χ0n) is 10.3. The molecule has 0 unspecified atom stereocenters. The highest BCUT2D eigenvalue weighted by atomic mass is 79.9. The third-order valence-electron chi connectivity index (χ3n) is 2.30. The Balaban J connectivity index is 1.89. The van der Waals surface area contributed by atoms with E-state index in [2.05, 4.69) is 47.5 Å². The molecular formula is C14H11Br2N3O. The molecule has 0 fully saturated rings. The molecule has 0 aliphatic heterocycles. The molecule has 20 heavy (non-hydrogen) atoms. The normalized spacial score (nSPS) is 10.5. The highest BCUT2D eigenvalue weighted by molar-refractivity contribution is 9.10. The second kappa shape index (κ2) is 7.21. The van der Waals surface area contributed by atoms with Crippen LogP contribution in [0.2, 0.25) is 0 Å². The van der Waals surface area contributed by atoms with Gasteiger partial charge >= 0.3 is 6.03 Å². The molecule has 1 aromatic carbocycles. The first kappa shape index (κ1) is 14.7. The van der Waals surface area contributed by atoms with Gasteiger partial charge in [-0.2, -0.15) is 0 Å². The maximum atomic E-state index is 11.6. The number of carbonyl (C=O) groups excluding carboxylic acids is 1. The van der Waals surface area contributed by atoms with E-state index in [0.717, 1.165) is 14.5 Å². The molecule has 102 valence electrons. The van der Waals surface area contributed by atoms with Crippen LogP contribution in [-0.2, 0) is 0 Å². The number of urea groups is 1. The molecule has 0 aliphatic rings. The number of benzene rings is 1. The van der Waals surface area contributed by atoms with Crippen LogP contribution >= 0.6 is 31.9 Å². The zero-order chi connectivity index (χ0) is 14.4. The number of nitrogens with zero attached hydrogens (tertiary/aromatic N) is 1. The number of pyridine rings is 1. The van der Waals surface area contributed by atoms with Crippen LogP contribution in [-0.4, -0.2) is 11.0 Å². The van der Waals surface area contributed by atoms with Crippen LogP contribution in [0.5, 0.6) is 0 Å². The molecule has 0 atom stereocenters. The molecule has 0 bridgehead atoms. The van der Waals surface area contributed by atoms with Crippen molar-refractivity contribution in [2.75, 3.05) is 5.32 Å². The Morgan fingerprint density at radius 3 is 2.70 bits per heavy atom. The van der Waals surface area contributed by atoms with Gasteiger partial charge in [-0.1, -0.05) is 44.0 Å². The van der Waals surface area contributed by atoms with Crippen molar-refractivity contribution in [1.29, 1.82) is 0 Å². The van der Waals surface area contributed by atoms with E-state index in [9.17, 15) is 4.79 Å². The average molecular weight is 397 g/mol. The largest absolute Gasteiger partial charge is 0.324 e. The highest BCUT2D eigenvalue weighted by Gasteiger charge is 2.00. The maximum absolute atomic E-state index is 11.6. The van der Waals surface area contributed by atoms with Gasteiger partial charge in [-0.3, -0.25) is 5.32 Å². The van der Waals surface area contributed by atoms with Crippen LogP contribution in [0.4, 0.5) is 10.6 Å². The Bertz CT molecular complexity index is 644. The standard InChI is InChI=1S/C14H11Br2N3O/c15-11-3-1-2-10(8-11)4-6-18-14(20)19-13-9-12(16)5-7-17-13/h1-9H,(H2,17,18,19,20)/b6-4+. The van der Waals surface area contributed by atoms with Crippen molar-refractivity contribution in [3.05, 3.63) is 63.3 Å². The fourth-order valence-electron chi connectivity index (χ4n) is 1.45. The predicted molar refractivity (Wildman–Crippen MR) is 87.3 cm³/mol. The molecule has 2 amide bonds. The predicted octanol–water partition coefficient (Wildman–Crippen LogP) is 4.40. The van der Waals surface area contributed by atoms with Crippen molar-refractivity contribution in [2.45, 2.75) is 0 Å². The number of rotatable bonds is 3. The first-order valence-corrected chi connectivity index (χ1v) is 7.33. The molecule has 2 N–H and O–H groups in total. The molecule has 2 aromatic rings. The molecule has 4 nitrogen and oxygen atoms in total. The SMILES string of the molecule is O=C(N/C=C/c1cccc(Br)c1)Nc1cc(Br)ccn1. The van der Waals surface area contributed by atoms with E-state index in [0.29, 0.717) is 5.82 Å². The topological polar surface area (TPSA) is 54.0 Å². The monoisotopic (exact) mass is 395 g/mol. The number of anilines is 1. The van der Waals surface area contributed by atoms with Gasteiger partial charge in [0.2, 0.25) is 0 Å². The summed E-state index contributed by atoms with van der Waals surface area (Å²) in [6.07, 6.45) is 4.99. The number of aromatic nitrogens is 1. The lowest BCUT2D eigenvalue weighted by Gasteiger charge is -2.03. The fraction of sp³-hybridized carbons (Fsp3) is 0. The zero-order valence-corrected chi connectivity index (χ0v) is 13.5. The van der Waals surface area contributed by atoms with Crippen molar-refractivity contribution in [3.63, 3.8) is 0 Å². The lowest BCUT2D eigenvalue weighted by atomic mass is 10.2. The molecule has 0 saturated carbocycles. The number of nitrogens with one attached hydrogen (secondary N) is 2. The van der Waals surface area contributed by atoms with E-state index in [1.165, 1.54) is 0 Å². The van der Waals surface area contributed by atoms with Gasteiger partial charge in [-0.25, -0.2) is 9.78 Å². The minimum Gasteiger partial charge on any atom is -0.314 e. The quantitative estimate of drug-likeness (QED) is 0.807. The number of amides is 2. The first-order chi connectivity index (χ1) is 9.63. The molecule has 2 rings (SSSR count). The molecule has 0 saturated heterocycles. The Hall–Kier alpha value is -1.66. The Labute approximate surface area is 133 Å². The van der Waals surface area contributed by atoms with E-state index in [1.807, 2.05) is 24.3 Å². The summed E-state index contributed by atoms with van der Waals surface area (Å²) in [4.78, 5) is 15.7. The van der Waals surface area contributed by atoms with Gasteiger partial charge in [0, 0.05) is 21.3 Å². The van der Waals surface area contributed by atoms with Crippen LogP contribution < -0.4 is 10.6 Å². The van der Waals surface area contributed by atoms with Crippen molar-refractivity contribution < 1.29 is 4.79 Å². The van der Waals surface area contributed by atoms with Gasteiger partial charge in [-0.15, -0.1) is 0 Å². The molecule has 1 aromatic heterocycles. The van der Waals surface area contributed by atoms with Gasteiger partial charge in [0.1, 0.15) is 5.82 Å². The number of carbonyl (C=O) groups is 1. The summed E-state index contributed by atoms with van der Waals surface area (Å²) in [7, 11) is 0. The second-order valence-electron chi connectivity index (χ2n) is 3.85. The maximum Gasteiger partial charge on any atom is 0.324 e. The number of hydrogen-bond donors (Lipinski definition) is 2. The van der Waals surface area contributed by atoms with Gasteiger partial charge in [-0.05, 0) is 35.9 Å². The summed E-state index contributed by atoms with van der Waals surface area (Å²) in [6.45, 7) is 0. The number of hydrogen-bond acceptors (Lipinski definition) is 2. The Morgan fingerprint density at radius 1 is 1.15 bits per heavy atom. The summed E-state index contributed by atoms with van der Waals surface area (Å²) in [5.41, 5.74) is 0.986. The summed E-state index contributed by atoms with van der Waals surface area (Å²) >= 11 is 6.70. The van der Waals surface area contributed by atoms with Crippen LogP contribution in [0.15, 0.2) is 57.7 Å². The van der Waals surface area contributed by atoms with E-state index in [4.69, 9.17) is 0 Å². The van der Waals surface area contributed by atoms with Crippen LogP contribution in [0.1, 0.15) is 5.56 Å². The number of halogens is 2. The first-order valence-electron chi connectivity index (χ1n) is 5.75. The van der Waals surface area contributed by atoms with Gasteiger partial charge < -0.3 is 5.32 Å². The molecule has 6 heteroatoms. The van der Waals surface area contributed by atoms with Crippen LogP contribution in [0, 0.1) is 0 Å². The Morgan fingerprint density at radius 2 is 1.95 bits per heavy atom. The third-order valence-corrected chi connectivity index (χ3v) is 3.29. The average Bonchev–Trinajstić information content (AvgIpc) is 2.38. The summed E-state index contributed by atoms with van der Waals surface area (Å²) in [5.74, 6) is 0.479. The highest BCUT2D eigenvalue weighted by Crippen LogP contribution is 2.13. The smallest absolute Gasteiger partial charge is 0.314 e. The summed E-state index contributed by atoms with van der Waals surface area (Å²) in [5, 5.41) is 5.25. The molecule has 1 heterocycles. The van der Waals surface area contributed by atoms with Crippen LogP contribution in [0.25, 0.3) is 6.08 Å². The van der Waals surface area contributed by atoms with E-state index in [1.54, 1.807) is 30.6 Å². The van der Waals surface area contributed by atoms with Crippen molar-refractivity contribution in [3.8, 4) is 0 Å². The van der Waals surface area contributed by atoms with Crippen molar-refractivity contribution >= 4 is 49.8 Å². The molecule has 0 radical (unpaired) electrons. The summed E-state index contributed by atoms with van der Waals surface area (Å²) < 4.78 is 1.84. The fourth-order valence-corrected chi connectivity index (χ4v) is 2.20. The van der Waals surface area contributed by atoms with E-state index < -0.39 is 0 Å². The van der Waals surface area contributed by atoms with Gasteiger partial charge in [0.15, 0.2) is 0 Å². The lowest BCUT2D eigenvalue weighted by molar-refractivity contribution is 0.255. The molecule has 0 spiro atoms. The van der Waals surface area contributed by atoms with E-state index in [-0.39, 0.29) is 6.03 Å². The van der Waals surface area contributed by atoms with Crippen molar-refractivity contribution in [1.82, 2.24) is 10.3 Å². The second-order valence-corrected chi connectivity index (χ2v) is 5.68. The van der Waals surface area contributed by atoms with Crippen LogP contribution in [0.3, 0.4) is 0 Å². The van der Waals surface area contributed by atoms with E-state index >= 15 is 0 Å². The van der Waals surface area contributed by atoms with Gasteiger partial charge in [0.25, 0.3) is 0 Å². The minimum atomic E-state index is -0.346. The Kier molecular flexibility index (Phi) is 5.31. The molecule has 0 aliphatic carbocycles. The lowest BCUT2D eigenvalue weighted by Crippen LogP contribution is -2.24. The third kappa shape index (κ3) is 4.79. The molecular weight excluding hydrogens is 386 g/mol. The minimum absolute atomic E-state index is 0.346. The van der Waals surface area contributed by atoms with Gasteiger partial charge in [0.05, 0.1) is 0 Å².